The molecule has 0 unspecified atom stereocenters. The molecule has 0 aromatic rings. The van der Waals surface area contributed by atoms with E-state index in [4.69, 9.17) is 14.9 Å². The normalized spacial score (nSPS) is 25.9. The molecule has 0 radical (unpaired) electrons. The summed E-state index contributed by atoms with van der Waals surface area (Å²) in [5.74, 6) is 3.37. The molecule has 0 aromatic carbocycles. The highest BCUT2D eigenvalue weighted by atomic mass is 16.6. The number of aliphatic carboxylic acids is 1. The fourth-order valence-corrected chi connectivity index (χ4v) is 7.36. The Balaban J connectivity index is 0.000000231. The number of carbonyl (C=O) groups is 4. The predicted molar refractivity (Wildman–Crippen MR) is 174 cm³/mol. The number of aliphatic hydroxyl groups excluding tert-OH is 1. The maximum absolute atomic E-state index is 11.2. The van der Waals surface area contributed by atoms with Crippen molar-refractivity contribution in [1.82, 2.24) is 4.90 Å². The van der Waals surface area contributed by atoms with Gasteiger partial charge in [0, 0.05) is 6.61 Å². The van der Waals surface area contributed by atoms with Crippen LogP contribution in [0.2, 0.25) is 0 Å². The van der Waals surface area contributed by atoms with Gasteiger partial charge in [0.15, 0.2) is 0 Å². The van der Waals surface area contributed by atoms with E-state index in [0.29, 0.717) is 13.2 Å². The molecule has 45 heavy (non-hydrogen) atoms. The van der Waals surface area contributed by atoms with Gasteiger partial charge in [-0.25, -0.2) is 0 Å². The molecule has 9 nitrogen and oxygen atoms in total. The third-order valence-corrected chi connectivity index (χ3v) is 10.4. The largest absolute Gasteiger partial charge is 0.481 e. The molecule has 2 N–H and O–H groups in total. The number of rotatable bonds is 13. The van der Waals surface area contributed by atoms with Crippen molar-refractivity contribution in [2.24, 2.45) is 35.5 Å². The lowest BCUT2D eigenvalue weighted by molar-refractivity contribution is -0.152. The van der Waals surface area contributed by atoms with Crippen LogP contribution in [0.15, 0.2) is 0 Å². The predicted octanol–water partition coefficient (Wildman–Crippen LogP) is 6.78. The van der Waals surface area contributed by atoms with Gasteiger partial charge in [0.2, 0.25) is 0 Å². The zero-order chi connectivity index (χ0) is 33.0. The molecule has 5 aliphatic rings. The first-order valence-corrected chi connectivity index (χ1v) is 18.2. The van der Waals surface area contributed by atoms with Crippen molar-refractivity contribution >= 4 is 23.9 Å². The fraction of sp³-hybridized carbons (Fsp3) is 0.889. The minimum atomic E-state index is -0.948. The van der Waals surface area contributed by atoms with Crippen molar-refractivity contribution in [3.63, 3.8) is 0 Å². The topological polar surface area (TPSA) is 130 Å². The van der Waals surface area contributed by atoms with Crippen LogP contribution in [-0.2, 0) is 28.7 Å². The van der Waals surface area contributed by atoms with Gasteiger partial charge in [-0.15, -0.1) is 0 Å². The van der Waals surface area contributed by atoms with Crippen LogP contribution in [0.4, 0.5) is 0 Å². The number of hydrogen-bond donors (Lipinski definition) is 2. The molecule has 4 atom stereocenters. The van der Waals surface area contributed by atoms with E-state index in [-0.39, 0.29) is 31.7 Å². The summed E-state index contributed by atoms with van der Waals surface area (Å²) in [6.45, 7) is 11.0. The van der Waals surface area contributed by atoms with Crippen LogP contribution in [0.1, 0.15) is 136 Å². The van der Waals surface area contributed by atoms with Gasteiger partial charge in [-0.3, -0.25) is 19.2 Å². The maximum atomic E-state index is 11.2. The summed E-state index contributed by atoms with van der Waals surface area (Å²) in [6.07, 6.45) is 19.4. The van der Waals surface area contributed by atoms with Gasteiger partial charge < -0.3 is 24.6 Å². The van der Waals surface area contributed by atoms with Crippen LogP contribution in [0, 0.1) is 35.5 Å². The number of carboxylic acids is 1. The Bertz CT molecular complexity index is 844. The molecule has 0 spiro atoms. The number of ether oxygens (including phenoxy) is 2. The summed E-state index contributed by atoms with van der Waals surface area (Å²) < 4.78 is 9.16. The highest BCUT2D eigenvalue weighted by molar-refractivity contribution is 5.92. The monoisotopic (exact) mass is 637 g/mol. The van der Waals surface area contributed by atoms with E-state index in [1.807, 2.05) is 0 Å². The molecule has 5 rings (SSSR count). The first kappa shape index (κ1) is 39.2. The second kappa shape index (κ2) is 22.5. The highest BCUT2D eigenvalue weighted by Crippen LogP contribution is 2.51. The zero-order valence-corrected chi connectivity index (χ0v) is 28.5. The number of hydrogen-bond acceptors (Lipinski definition) is 8. The van der Waals surface area contributed by atoms with Gasteiger partial charge in [-0.1, -0.05) is 85.0 Å². The van der Waals surface area contributed by atoms with Crippen molar-refractivity contribution in [3.8, 4) is 0 Å². The number of carbonyl (C=O) groups excluding carboxylic acids is 3. The van der Waals surface area contributed by atoms with Crippen LogP contribution >= 0.6 is 0 Å². The van der Waals surface area contributed by atoms with Gasteiger partial charge >= 0.3 is 23.9 Å². The number of aliphatic hydroxyl groups is 1. The molecule has 4 saturated carbocycles. The Kier molecular flexibility index (Phi) is 19.6. The van der Waals surface area contributed by atoms with E-state index in [9.17, 15) is 19.2 Å². The Labute approximate surface area is 272 Å². The van der Waals surface area contributed by atoms with Crippen LogP contribution in [-0.4, -0.2) is 71.8 Å². The van der Waals surface area contributed by atoms with E-state index < -0.39 is 17.9 Å². The summed E-state index contributed by atoms with van der Waals surface area (Å²) in [5.41, 5.74) is 0. The molecule has 1 aliphatic heterocycles. The molecule has 0 aromatic heterocycles. The van der Waals surface area contributed by atoms with Gasteiger partial charge in [0.25, 0.3) is 0 Å². The number of cyclic esters (lactones) is 2. The minimum Gasteiger partial charge on any atom is -0.481 e. The second-order valence-corrected chi connectivity index (χ2v) is 13.5. The Morgan fingerprint density at radius 3 is 1.58 bits per heavy atom. The lowest BCUT2D eigenvalue weighted by Crippen LogP contribution is -2.21. The van der Waals surface area contributed by atoms with E-state index in [0.717, 1.165) is 48.3 Å². The molecular weight excluding hydrogens is 574 g/mol. The Morgan fingerprint density at radius 1 is 0.756 bits per heavy atom. The Hall–Kier alpha value is -2.00. The molecule has 4 aliphatic carbocycles. The zero-order valence-electron chi connectivity index (χ0n) is 28.5. The molecule has 1 saturated heterocycles. The lowest BCUT2D eigenvalue weighted by atomic mass is 9.85. The summed E-state index contributed by atoms with van der Waals surface area (Å²) in [7, 11) is 0. The summed E-state index contributed by atoms with van der Waals surface area (Å²) in [6, 6.07) is 0. The van der Waals surface area contributed by atoms with Crippen LogP contribution in [0.25, 0.3) is 0 Å². The highest BCUT2D eigenvalue weighted by Gasteiger charge is 2.43. The number of nitrogens with zero attached hydrogens (tertiary/aromatic N) is 1. The number of carboxylic acid groups (broad SMARTS) is 1. The molecule has 0 amide bonds. The molecule has 0 bridgehead atoms. The summed E-state index contributed by atoms with van der Waals surface area (Å²) >= 11 is 0. The quantitative estimate of drug-likeness (QED) is 0.166. The molecule has 5 fully saturated rings. The SMILES string of the molecule is CCN(CC)CC.O=C(O)CCC(=O)OCC[C@@H]1C[C@@H]1C1CCCCC1.O=C1CCC(=O)O1.OCC[C@@H]1C[C@@H]1C1CCCCC1. The molecular formula is C36H63NO8. The molecule has 9 heteroatoms. The van der Waals surface area contributed by atoms with Gasteiger partial charge in [0.1, 0.15) is 0 Å². The van der Waals surface area contributed by atoms with E-state index in [2.05, 4.69) is 30.4 Å². The average Bonchev–Trinajstić information content (AvgIpc) is 3.97. The standard InChI is InChI=1S/C15H24O4.C11H20O.C6H15N.C4H4O3/c16-14(17)6-7-15(18)19-9-8-12-10-13(12)11-4-2-1-3-5-11;12-7-6-10-8-11(10)9-4-2-1-3-5-9;1-4-7(5-2)6-3;5-3-1-2-4(6)7-3/h11-13H,1-10H2,(H,16,17);9-12H,1-8H2;4-6H2,1-3H3;1-2H2/t12-,13-;10-,11-;;/m11../s1. The third-order valence-electron chi connectivity index (χ3n) is 10.4. The van der Waals surface area contributed by atoms with Crippen molar-refractivity contribution < 1.29 is 38.9 Å². The van der Waals surface area contributed by atoms with E-state index >= 15 is 0 Å². The first-order chi connectivity index (χ1) is 21.7. The van der Waals surface area contributed by atoms with Crippen LogP contribution in [0.3, 0.4) is 0 Å². The smallest absolute Gasteiger partial charge is 0.314 e. The minimum absolute atomic E-state index is 0.00788. The first-order valence-electron chi connectivity index (χ1n) is 18.2. The lowest BCUT2D eigenvalue weighted by Gasteiger charge is -2.21. The summed E-state index contributed by atoms with van der Waals surface area (Å²) in [5, 5.41) is 17.2. The van der Waals surface area contributed by atoms with E-state index in [1.54, 1.807) is 0 Å². The molecule has 1 heterocycles. The van der Waals surface area contributed by atoms with Crippen LogP contribution < -0.4 is 0 Å². The second-order valence-electron chi connectivity index (χ2n) is 13.5. The van der Waals surface area contributed by atoms with Crippen molar-refractivity contribution in [1.29, 1.82) is 0 Å². The fourth-order valence-electron chi connectivity index (χ4n) is 7.36. The van der Waals surface area contributed by atoms with Gasteiger partial charge in [-0.2, -0.15) is 0 Å². The summed E-state index contributed by atoms with van der Waals surface area (Å²) in [4.78, 5) is 43.9. The third kappa shape index (κ3) is 16.9. The number of esters is 3. The molecule has 260 valence electrons. The van der Waals surface area contributed by atoms with Crippen molar-refractivity contribution in [2.45, 2.75) is 136 Å². The maximum Gasteiger partial charge on any atom is 0.314 e. The van der Waals surface area contributed by atoms with Crippen molar-refractivity contribution in [2.75, 3.05) is 32.8 Å². The van der Waals surface area contributed by atoms with Crippen molar-refractivity contribution in [3.05, 3.63) is 0 Å². The average molecular weight is 638 g/mol. The van der Waals surface area contributed by atoms with Gasteiger partial charge in [-0.05, 0) is 80.8 Å². The van der Waals surface area contributed by atoms with Gasteiger partial charge in [0.05, 0.1) is 32.3 Å². The van der Waals surface area contributed by atoms with E-state index in [1.165, 1.54) is 96.7 Å². The Morgan fingerprint density at radius 2 is 1.22 bits per heavy atom. The van der Waals surface area contributed by atoms with Crippen LogP contribution in [0.5, 0.6) is 0 Å².